The maximum atomic E-state index is 13.6. The molecule has 0 amide bonds. The molecule has 0 aliphatic rings. The van der Waals surface area contributed by atoms with Crippen molar-refractivity contribution in [2.24, 2.45) is 0 Å². The molecule has 2 rings (SSSR count). The molecule has 0 bridgehead atoms. The summed E-state index contributed by atoms with van der Waals surface area (Å²) in [6.07, 6.45) is 0. The normalized spacial score (nSPS) is 11.1. The Morgan fingerprint density at radius 3 is 2.48 bits per heavy atom. The number of methoxy groups -OCH3 is 1. The van der Waals surface area contributed by atoms with E-state index in [1.54, 1.807) is 0 Å². The van der Waals surface area contributed by atoms with Crippen molar-refractivity contribution in [1.29, 1.82) is 0 Å². The average Bonchev–Trinajstić information content (AvgIpc) is 2.47. The third-order valence-corrected chi connectivity index (χ3v) is 4.55. The lowest BCUT2D eigenvalue weighted by Crippen LogP contribution is -2.15. The fraction of sp³-hybridized carbons (Fsp3) is 0.0714. The predicted octanol–water partition coefficient (Wildman–Crippen LogP) is 3.21. The van der Waals surface area contributed by atoms with E-state index in [0.29, 0.717) is 6.07 Å². The van der Waals surface area contributed by atoms with E-state index in [1.807, 2.05) is 0 Å². The molecule has 0 aromatic heterocycles. The van der Waals surface area contributed by atoms with Gasteiger partial charge in [-0.05, 0) is 30.3 Å². The van der Waals surface area contributed by atoms with Crippen LogP contribution in [0.15, 0.2) is 41.3 Å². The minimum absolute atomic E-state index is 0.0291. The van der Waals surface area contributed by atoms with E-state index < -0.39 is 32.5 Å². The third-order valence-electron chi connectivity index (χ3n) is 2.81. The van der Waals surface area contributed by atoms with E-state index >= 15 is 0 Å². The molecule has 0 spiro atoms. The number of halogens is 3. The van der Waals surface area contributed by atoms with Crippen LogP contribution in [-0.2, 0) is 14.8 Å². The van der Waals surface area contributed by atoms with Gasteiger partial charge in [0.05, 0.1) is 17.7 Å². The first-order valence-electron chi connectivity index (χ1n) is 6.10. The zero-order chi connectivity index (χ0) is 17.2. The summed E-state index contributed by atoms with van der Waals surface area (Å²) in [5.41, 5.74) is -0.0903. The summed E-state index contributed by atoms with van der Waals surface area (Å²) in [4.78, 5) is 10.8. The zero-order valence-electron chi connectivity index (χ0n) is 11.6. The Balaban J connectivity index is 2.39. The fourth-order valence-electron chi connectivity index (χ4n) is 1.76. The van der Waals surface area contributed by atoms with Gasteiger partial charge in [-0.2, -0.15) is 0 Å². The summed E-state index contributed by atoms with van der Waals surface area (Å²) >= 11 is 5.82. The topological polar surface area (TPSA) is 72.5 Å². The van der Waals surface area contributed by atoms with Gasteiger partial charge in [-0.1, -0.05) is 11.6 Å². The van der Waals surface area contributed by atoms with Crippen LogP contribution in [0.2, 0.25) is 5.02 Å². The lowest BCUT2D eigenvalue weighted by Gasteiger charge is -2.10. The van der Waals surface area contributed by atoms with Crippen LogP contribution in [0.1, 0.15) is 10.4 Å². The van der Waals surface area contributed by atoms with Gasteiger partial charge in [0, 0.05) is 11.8 Å². The minimum atomic E-state index is -4.31. The van der Waals surface area contributed by atoms with Crippen molar-refractivity contribution in [2.75, 3.05) is 11.8 Å². The predicted molar refractivity (Wildman–Crippen MR) is 80.0 cm³/mol. The molecule has 122 valence electrons. The van der Waals surface area contributed by atoms with E-state index in [0.717, 1.165) is 25.3 Å². The first-order chi connectivity index (χ1) is 10.7. The number of esters is 1. The maximum Gasteiger partial charge on any atom is 0.339 e. The molecule has 23 heavy (non-hydrogen) atoms. The molecule has 0 fully saturated rings. The highest BCUT2D eigenvalue weighted by Gasteiger charge is 2.21. The standard InChI is InChI=1S/C14H10ClF2NO4S/c1-22-14(19)10-7-9(3-4-11(10)15)18-23(20,21)13-5-2-8(16)6-12(13)17/h2-7,18H,1H3. The molecule has 2 aromatic carbocycles. The molecule has 0 saturated carbocycles. The van der Waals surface area contributed by atoms with Crippen LogP contribution >= 0.6 is 11.6 Å². The van der Waals surface area contributed by atoms with Crippen LogP contribution < -0.4 is 4.72 Å². The van der Waals surface area contributed by atoms with Gasteiger partial charge in [-0.25, -0.2) is 22.0 Å². The van der Waals surface area contributed by atoms with E-state index in [4.69, 9.17) is 11.6 Å². The van der Waals surface area contributed by atoms with Gasteiger partial charge in [-0.15, -0.1) is 0 Å². The SMILES string of the molecule is COC(=O)c1cc(NS(=O)(=O)c2ccc(F)cc2F)ccc1Cl. The summed E-state index contributed by atoms with van der Waals surface area (Å²) in [7, 11) is -3.17. The lowest BCUT2D eigenvalue weighted by molar-refractivity contribution is 0.0601. The zero-order valence-corrected chi connectivity index (χ0v) is 13.2. The second-order valence-electron chi connectivity index (χ2n) is 4.37. The number of sulfonamides is 1. The van der Waals surface area contributed by atoms with Gasteiger partial charge in [0.1, 0.15) is 16.5 Å². The summed E-state index contributed by atoms with van der Waals surface area (Å²) in [5, 5.41) is 0.0627. The van der Waals surface area contributed by atoms with Gasteiger partial charge < -0.3 is 4.74 Å². The van der Waals surface area contributed by atoms with E-state index in [1.165, 1.54) is 12.1 Å². The van der Waals surface area contributed by atoms with Crippen LogP contribution in [0.5, 0.6) is 0 Å². The Morgan fingerprint density at radius 1 is 1.17 bits per heavy atom. The second kappa shape index (κ2) is 6.51. The first-order valence-corrected chi connectivity index (χ1v) is 7.96. The van der Waals surface area contributed by atoms with Crippen molar-refractivity contribution in [2.45, 2.75) is 4.90 Å². The number of hydrogen-bond acceptors (Lipinski definition) is 4. The number of nitrogens with one attached hydrogen (secondary N) is 1. The molecule has 9 heteroatoms. The Hall–Kier alpha value is -2.19. The molecule has 0 radical (unpaired) electrons. The van der Waals surface area contributed by atoms with Crippen molar-refractivity contribution in [3.05, 3.63) is 58.6 Å². The molecule has 0 unspecified atom stereocenters. The van der Waals surface area contributed by atoms with Crippen molar-refractivity contribution in [3.63, 3.8) is 0 Å². The molecular formula is C14H10ClF2NO4S. The van der Waals surface area contributed by atoms with E-state index in [9.17, 15) is 22.0 Å². The highest BCUT2D eigenvalue weighted by molar-refractivity contribution is 7.92. The average molecular weight is 362 g/mol. The van der Waals surface area contributed by atoms with Crippen LogP contribution in [0.3, 0.4) is 0 Å². The highest BCUT2D eigenvalue weighted by Crippen LogP contribution is 2.24. The smallest absolute Gasteiger partial charge is 0.339 e. The highest BCUT2D eigenvalue weighted by atomic mass is 35.5. The second-order valence-corrected chi connectivity index (χ2v) is 6.42. The largest absolute Gasteiger partial charge is 0.465 e. The number of rotatable bonds is 4. The number of carbonyl (C=O) groups is 1. The Kier molecular flexibility index (Phi) is 4.86. The van der Waals surface area contributed by atoms with Crippen LogP contribution in [0.4, 0.5) is 14.5 Å². The molecule has 1 N–H and O–H groups in total. The number of anilines is 1. The summed E-state index contributed by atoms with van der Waals surface area (Å²) in [5.74, 6) is -2.90. The molecule has 2 aromatic rings. The molecule has 0 saturated heterocycles. The number of carbonyl (C=O) groups excluding carboxylic acids is 1. The molecule has 0 aliphatic heterocycles. The van der Waals surface area contributed by atoms with Crippen LogP contribution in [0, 0.1) is 11.6 Å². The van der Waals surface area contributed by atoms with Crippen molar-refractivity contribution in [1.82, 2.24) is 0 Å². The first kappa shape index (κ1) is 17.2. The molecule has 0 aliphatic carbocycles. The van der Waals surface area contributed by atoms with Crippen LogP contribution in [-0.4, -0.2) is 21.5 Å². The molecule has 5 nitrogen and oxygen atoms in total. The van der Waals surface area contributed by atoms with Gasteiger partial charge in [0.25, 0.3) is 10.0 Å². The lowest BCUT2D eigenvalue weighted by atomic mass is 10.2. The molecule has 0 heterocycles. The third kappa shape index (κ3) is 3.77. The summed E-state index contributed by atoms with van der Waals surface area (Å²) < 4.78 is 57.4. The number of hydrogen-bond donors (Lipinski definition) is 1. The molecule has 0 atom stereocenters. The molecular weight excluding hydrogens is 352 g/mol. The Morgan fingerprint density at radius 2 is 1.87 bits per heavy atom. The van der Waals surface area contributed by atoms with Crippen molar-refractivity contribution >= 4 is 33.3 Å². The minimum Gasteiger partial charge on any atom is -0.465 e. The van der Waals surface area contributed by atoms with Crippen molar-refractivity contribution in [3.8, 4) is 0 Å². The van der Waals surface area contributed by atoms with Gasteiger partial charge in [-0.3, -0.25) is 4.72 Å². The van der Waals surface area contributed by atoms with Crippen molar-refractivity contribution < 1.29 is 26.7 Å². The quantitative estimate of drug-likeness (QED) is 0.849. The Labute approximate surface area is 135 Å². The van der Waals surface area contributed by atoms with Crippen LogP contribution in [0.25, 0.3) is 0 Å². The van der Waals surface area contributed by atoms with Gasteiger partial charge in [0.2, 0.25) is 0 Å². The monoisotopic (exact) mass is 361 g/mol. The number of ether oxygens (including phenoxy) is 1. The fourth-order valence-corrected chi connectivity index (χ4v) is 3.06. The van der Waals surface area contributed by atoms with E-state index in [2.05, 4.69) is 9.46 Å². The maximum absolute atomic E-state index is 13.6. The Bertz CT molecular complexity index is 871. The van der Waals surface area contributed by atoms with Gasteiger partial charge in [0.15, 0.2) is 0 Å². The summed E-state index contributed by atoms with van der Waals surface area (Å²) in [6, 6.07) is 5.79. The summed E-state index contributed by atoms with van der Waals surface area (Å²) in [6.45, 7) is 0. The van der Waals surface area contributed by atoms with Gasteiger partial charge >= 0.3 is 5.97 Å². The van der Waals surface area contributed by atoms with E-state index in [-0.39, 0.29) is 16.3 Å². The number of benzene rings is 2.